The number of nitrogens with zero attached hydrogens (tertiary/aromatic N) is 1. The van der Waals surface area contributed by atoms with Gasteiger partial charge < -0.3 is 9.64 Å². The molecule has 0 saturated heterocycles. The van der Waals surface area contributed by atoms with Gasteiger partial charge in [0.25, 0.3) is 0 Å². The van der Waals surface area contributed by atoms with Gasteiger partial charge in [-0.1, -0.05) is 26.7 Å². The Morgan fingerprint density at radius 1 is 1.12 bits per heavy atom. The molecule has 0 spiro atoms. The third kappa shape index (κ3) is 6.29. The first-order chi connectivity index (χ1) is 8.06. The van der Waals surface area contributed by atoms with Crippen LogP contribution in [0.1, 0.15) is 46.5 Å². The van der Waals surface area contributed by atoms with E-state index in [-0.39, 0.29) is 24.3 Å². The molecule has 0 aliphatic carbocycles. The zero-order valence-corrected chi connectivity index (χ0v) is 11.5. The molecule has 100 valence electrons. The van der Waals surface area contributed by atoms with Gasteiger partial charge in [0.2, 0.25) is 5.91 Å². The van der Waals surface area contributed by atoms with Crippen molar-refractivity contribution in [1.29, 1.82) is 0 Å². The Balaban J connectivity index is 4.28. The van der Waals surface area contributed by atoms with Gasteiger partial charge >= 0.3 is 5.97 Å². The highest BCUT2D eigenvalue weighted by molar-refractivity contribution is 5.83. The number of ether oxygens (including phenoxy) is 1. The molecule has 0 N–H and O–H groups in total. The second kappa shape index (κ2) is 9.02. The minimum absolute atomic E-state index is 0.0458. The fourth-order valence-corrected chi connectivity index (χ4v) is 1.88. The van der Waals surface area contributed by atoms with E-state index in [4.69, 9.17) is 4.74 Å². The highest BCUT2D eigenvalue weighted by atomic mass is 16.5. The van der Waals surface area contributed by atoms with E-state index < -0.39 is 0 Å². The van der Waals surface area contributed by atoms with E-state index in [1.54, 1.807) is 14.0 Å². The van der Waals surface area contributed by atoms with Gasteiger partial charge in [-0.2, -0.15) is 0 Å². The summed E-state index contributed by atoms with van der Waals surface area (Å²) in [6.07, 6.45) is 3.76. The number of carbonyl (C=O) groups is 2. The SMILES string of the molecule is CCCC(CCC)C(=O)N(C)CC(=O)OCC. The van der Waals surface area contributed by atoms with E-state index in [0.29, 0.717) is 6.61 Å². The average Bonchev–Trinajstić information content (AvgIpc) is 2.28. The van der Waals surface area contributed by atoms with Crippen molar-refractivity contribution < 1.29 is 14.3 Å². The van der Waals surface area contributed by atoms with E-state index in [1.807, 2.05) is 0 Å². The van der Waals surface area contributed by atoms with Gasteiger partial charge in [-0.05, 0) is 19.8 Å². The second-order valence-corrected chi connectivity index (χ2v) is 4.27. The van der Waals surface area contributed by atoms with Crippen LogP contribution in [-0.4, -0.2) is 37.0 Å². The van der Waals surface area contributed by atoms with E-state index in [0.717, 1.165) is 25.7 Å². The minimum atomic E-state index is -0.338. The van der Waals surface area contributed by atoms with Crippen molar-refractivity contribution in [1.82, 2.24) is 4.90 Å². The molecule has 0 aromatic carbocycles. The van der Waals surface area contributed by atoms with Crippen LogP contribution >= 0.6 is 0 Å². The van der Waals surface area contributed by atoms with Crippen molar-refractivity contribution in [3.8, 4) is 0 Å². The van der Waals surface area contributed by atoms with Crippen LogP contribution < -0.4 is 0 Å². The first-order valence-corrected chi connectivity index (χ1v) is 6.47. The number of likely N-dealkylation sites (N-methyl/N-ethyl adjacent to an activating group) is 1. The lowest BCUT2D eigenvalue weighted by molar-refractivity contribution is -0.149. The van der Waals surface area contributed by atoms with Crippen LogP contribution in [0.2, 0.25) is 0 Å². The first kappa shape index (κ1) is 15.9. The van der Waals surface area contributed by atoms with Crippen LogP contribution in [0.5, 0.6) is 0 Å². The summed E-state index contributed by atoms with van der Waals surface area (Å²) in [6, 6.07) is 0. The first-order valence-electron chi connectivity index (χ1n) is 6.47. The molecule has 0 heterocycles. The summed E-state index contributed by atoms with van der Waals surface area (Å²) in [6.45, 7) is 6.31. The molecule has 0 atom stereocenters. The highest BCUT2D eigenvalue weighted by Crippen LogP contribution is 2.16. The molecule has 17 heavy (non-hydrogen) atoms. The van der Waals surface area contributed by atoms with Gasteiger partial charge in [-0.3, -0.25) is 9.59 Å². The largest absolute Gasteiger partial charge is 0.465 e. The summed E-state index contributed by atoms with van der Waals surface area (Å²) in [5.41, 5.74) is 0. The van der Waals surface area contributed by atoms with Crippen molar-refractivity contribution in [2.45, 2.75) is 46.5 Å². The molecule has 0 unspecified atom stereocenters. The van der Waals surface area contributed by atoms with E-state index in [2.05, 4.69) is 13.8 Å². The van der Waals surface area contributed by atoms with Gasteiger partial charge in [0, 0.05) is 13.0 Å². The molecule has 0 aromatic rings. The Labute approximate surface area is 104 Å². The number of amides is 1. The molecular weight excluding hydrogens is 218 g/mol. The third-order valence-electron chi connectivity index (χ3n) is 2.67. The van der Waals surface area contributed by atoms with Crippen molar-refractivity contribution in [3.05, 3.63) is 0 Å². The van der Waals surface area contributed by atoms with Gasteiger partial charge in [0.1, 0.15) is 6.54 Å². The quantitative estimate of drug-likeness (QED) is 0.614. The lowest BCUT2D eigenvalue weighted by Gasteiger charge is -2.22. The molecule has 0 radical (unpaired) electrons. The van der Waals surface area contributed by atoms with E-state index in [9.17, 15) is 9.59 Å². The molecular formula is C13H25NO3. The topological polar surface area (TPSA) is 46.6 Å². The lowest BCUT2D eigenvalue weighted by Crippen LogP contribution is -2.37. The number of esters is 1. The van der Waals surface area contributed by atoms with Crippen LogP contribution in [0.15, 0.2) is 0 Å². The molecule has 1 amide bonds. The Hall–Kier alpha value is -1.06. The third-order valence-corrected chi connectivity index (χ3v) is 2.67. The van der Waals surface area contributed by atoms with Crippen molar-refractivity contribution in [3.63, 3.8) is 0 Å². The Bertz CT molecular complexity index is 235. The summed E-state index contributed by atoms with van der Waals surface area (Å²) < 4.78 is 4.83. The zero-order valence-electron chi connectivity index (χ0n) is 11.5. The normalized spacial score (nSPS) is 10.4. The molecule has 0 aliphatic heterocycles. The average molecular weight is 243 g/mol. The minimum Gasteiger partial charge on any atom is -0.465 e. The molecule has 0 fully saturated rings. The molecule has 0 rings (SSSR count). The standard InChI is InChI=1S/C13H25NO3/c1-5-8-11(9-6-2)13(16)14(4)10-12(15)17-7-3/h11H,5-10H2,1-4H3. The van der Waals surface area contributed by atoms with Gasteiger partial charge in [0.05, 0.1) is 6.61 Å². The van der Waals surface area contributed by atoms with Gasteiger partial charge in [0.15, 0.2) is 0 Å². The number of carbonyl (C=O) groups excluding carboxylic acids is 2. The molecule has 0 aliphatic rings. The van der Waals surface area contributed by atoms with Crippen LogP contribution in [0.4, 0.5) is 0 Å². The molecule has 0 saturated carbocycles. The summed E-state index contributed by atoms with van der Waals surface area (Å²) in [4.78, 5) is 24.8. The summed E-state index contributed by atoms with van der Waals surface area (Å²) in [5, 5.41) is 0. The fraction of sp³-hybridized carbons (Fsp3) is 0.846. The summed E-state index contributed by atoms with van der Waals surface area (Å²) in [7, 11) is 1.66. The van der Waals surface area contributed by atoms with Crippen molar-refractivity contribution in [2.24, 2.45) is 5.92 Å². The van der Waals surface area contributed by atoms with Crippen LogP contribution in [0.3, 0.4) is 0 Å². The van der Waals surface area contributed by atoms with Crippen LogP contribution in [0, 0.1) is 5.92 Å². The summed E-state index contributed by atoms with van der Waals surface area (Å²) >= 11 is 0. The molecule has 0 bridgehead atoms. The van der Waals surface area contributed by atoms with E-state index in [1.165, 1.54) is 4.90 Å². The maximum atomic E-state index is 12.1. The lowest BCUT2D eigenvalue weighted by atomic mass is 9.97. The number of hydrogen-bond acceptors (Lipinski definition) is 3. The predicted molar refractivity (Wildman–Crippen MR) is 67.6 cm³/mol. The Morgan fingerprint density at radius 3 is 2.06 bits per heavy atom. The molecule has 0 aromatic heterocycles. The molecule has 4 heteroatoms. The van der Waals surface area contributed by atoms with Gasteiger partial charge in [-0.15, -0.1) is 0 Å². The van der Waals surface area contributed by atoms with Crippen molar-refractivity contribution in [2.75, 3.05) is 20.2 Å². The smallest absolute Gasteiger partial charge is 0.325 e. The summed E-state index contributed by atoms with van der Waals surface area (Å²) in [5.74, 6) is -0.235. The maximum Gasteiger partial charge on any atom is 0.325 e. The Morgan fingerprint density at radius 2 is 1.65 bits per heavy atom. The number of rotatable bonds is 8. The van der Waals surface area contributed by atoms with Crippen LogP contribution in [-0.2, 0) is 14.3 Å². The number of hydrogen-bond donors (Lipinski definition) is 0. The second-order valence-electron chi connectivity index (χ2n) is 4.27. The maximum absolute atomic E-state index is 12.1. The Kier molecular flexibility index (Phi) is 8.46. The predicted octanol–water partition coefficient (Wildman–Crippen LogP) is 2.22. The fourth-order valence-electron chi connectivity index (χ4n) is 1.88. The van der Waals surface area contributed by atoms with Crippen molar-refractivity contribution >= 4 is 11.9 Å². The van der Waals surface area contributed by atoms with Crippen LogP contribution in [0.25, 0.3) is 0 Å². The molecule has 4 nitrogen and oxygen atoms in total. The highest BCUT2D eigenvalue weighted by Gasteiger charge is 2.22. The zero-order chi connectivity index (χ0) is 13.3. The van der Waals surface area contributed by atoms with E-state index >= 15 is 0 Å². The van der Waals surface area contributed by atoms with Gasteiger partial charge in [-0.25, -0.2) is 0 Å². The monoisotopic (exact) mass is 243 g/mol.